The quantitative estimate of drug-likeness (QED) is 0.491. The number of ether oxygens (including phenoxy) is 1. The summed E-state index contributed by atoms with van der Waals surface area (Å²) in [5.74, 6) is 0.812. The van der Waals surface area contributed by atoms with Crippen LogP contribution >= 0.6 is 0 Å². The lowest BCUT2D eigenvalue weighted by Crippen LogP contribution is -2.47. The van der Waals surface area contributed by atoms with E-state index in [4.69, 9.17) is 4.74 Å². The molecule has 0 bridgehead atoms. The number of carbonyl (C=O) groups is 2. The predicted molar refractivity (Wildman–Crippen MR) is 160 cm³/mol. The van der Waals surface area contributed by atoms with E-state index in [0.717, 1.165) is 97.2 Å². The van der Waals surface area contributed by atoms with E-state index in [1.54, 1.807) is 0 Å². The topological polar surface area (TPSA) is 65.1 Å². The van der Waals surface area contributed by atoms with Gasteiger partial charge in [0.1, 0.15) is 5.60 Å². The summed E-state index contributed by atoms with van der Waals surface area (Å²) in [6, 6.07) is 21.5. The summed E-state index contributed by atoms with van der Waals surface area (Å²) in [7, 11) is 0. The van der Waals surface area contributed by atoms with Crippen molar-refractivity contribution >= 4 is 12.0 Å². The van der Waals surface area contributed by atoms with Gasteiger partial charge in [0.25, 0.3) is 0 Å². The average Bonchev–Trinajstić information content (AvgIpc) is 3.30. The first-order chi connectivity index (χ1) is 20.0. The van der Waals surface area contributed by atoms with E-state index in [-0.39, 0.29) is 23.5 Å². The SMILES string of the molecule is O=C1OC2(CCN(Cc3ccccc3)CC2)CN1C[C@H]1CC[C@H](C(=O)NC2CCN(Cc3ccccc3)CC2)CC1. The smallest absolute Gasteiger partial charge is 0.410 e. The second-order valence-electron chi connectivity index (χ2n) is 13.0. The maximum absolute atomic E-state index is 13.1. The normalized spacial score (nSPS) is 25.8. The van der Waals surface area contributed by atoms with Crippen molar-refractivity contribution in [1.29, 1.82) is 0 Å². The largest absolute Gasteiger partial charge is 0.441 e. The predicted octanol–water partition coefficient (Wildman–Crippen LogP) is 5.06. The monoisotopic (exact) mass is 558 g/mol. The molecular weight excluding hydrogens is 512 g/mol. The Morgan fingerprint density at radius 1 is 0.780 bits per heavy atom. The summed E-state index contributed by atoms with van der Waals surface area (Å²) in [6.07, 6.45) is 7.58. The van der Waals surface area contributed by atoms with Gasteiger partial charge in [-0.1, -0.05) is 60.7 Å². The third-order valence-electron chi connectivity index (χ3n) is 9.94. The summed E-state index contributed by atoms with van der Waals surface area (Å²) in [4.78, 5) is 32.8. The molecule has 1 aliphatic carbocycles. The average molecular weight is 559 g/mol. The van der Waals surface area contributed by atoms with Gasteiger partial charge in [-0.2, -0.15) is 0 Å². The second kappa shape index (κ2) is 13.0. The van der Waals surface area contributed by atoms with Crippen molar-refractivity contribution in [3.63, 3.8) is 0 Å². The van der Waals surface area contributed by atoms with Crippen LogP contribution in [0.15, 0.2) is 60.7 Å². The van der Waals surface area contributed by atoms with Crippen LogP contribution in [-0.4, -0.2) is 77.6 Å². The molecule has 4 fully saturated rings. The number of hydrogen-bond acceptors (Lipinski definition) is 5. The van der Waals surface area contributed by atoms with Crippen molar-refractivity contribution in [2.24, 2.45) is 11.8 Å². The van der Waals surface area contributed by atoms with Crippen LogP contribution in [0.25, 0.3) is 0 Å². The molecule has 3 heterocycles. The van der Waals surface area contributed by atoms with Gasteiger partial charge in [-0.3, -0.25) is 14.6 Å². The van der Waals surface area contributed by atoms with Crippen molar-refractivity contribution in [3.05, 3.63) is 71.8 Å². The summed E-state index contributed by atoms with van der Waals surface area (Å²) in [5, 5.41) is 3.37. The van der Waals surface area contributed by atoms with Gasteiger partial charge >= 0.3 is 6.09 Å². The first kappa shape index (κ1) is 28.2. The Hall–Kier alpha value is -2.90. The molecule has 1 saturated carbocycles. The van der Waals surface area contributed by atoms with Gasteiger partial charge in [0.2, 0.25) is 5.91 Å². The van der Waals surface area contributed by atoms with Gasteiger partial charge < -0.3 is 15.0 Å². The van der Waals surface area contributed by atoms with Crippen molar-refractivity contribution in [1.82, 2.24) is 20.0 Å². The zero-order chi connectivity index (χ0) is 28.1. The molecule has 2 aromatic carbocycles. The fourth-order valence-corrected chi connectivity index (χ4v) is 7.37. The lowest BCUT2D eigenvalue weighted by atomic mass is 9.81. The van der Waals surface area contributed by atoms with Crippen LogP contribution in [0.2, 0.25) is 0 Å². The summed E-state index contributed by atoms with van der Waals surface area (Å²) in [5.41, 5.74) is 2.37. The van der Waals surface area contributed by atoms with Crippen LogP contribution in [-0.2, 0) is 22.6 Å². The van der Waals surface area contributed by atoms with E-state index in [0.29, 0.717) is 18.5 Å². The van der Waals surface area contributed by atoms with E-state index >= 15 is 0 Å². The van der Waals surface area contributed by atoms with Crippen LogP contribution in [0.3, 0.4) is 0 Å². The summed E-state index contributed by atoms with van der Waals surface area (Å²) < 4.78 is 6.02. The highest BCUT2D eigenvalue weighted by Gasteiger charge is 2.47. The Kier molecular flexibility index (Phi) is 8.92. The minimum absolute atomic E-state index is 0.111. The Bertz CT molecular complexity index is 1140. The molecule has 41 heavy (non-hydrogen) atoms. The molecule has 4 aliphatic rings. The number of likely N-dealkylation sites (tertiary alicyclic amines) is 2. The number of amides is 2. The zero-order valence-corrected chi connectivity index (χ0v) is 24.4. The van der Waals surface area contributed by atoms with Gasteiger partial charge in [0.15, 0.2) is 0 Å². The Morgan fingerprint density at radius 2 is 1.34 bits per heavy atom. The van der Waals surface area contributed by atoms with Crippen LogP contribution in [0.1, 0.15) is 62.5 Å². The minimum Gasteiger partial charge on any atom is -0.441 e. The van der Waals surface area contributed by atoms with Gasteiger partial charge in [-0.05, 0) is 55.6 Å². The fraction of sp³-hybridized carbons (Fsp3) is 0.588. The molecule has 220 valence electrons. The minimum atomic E-state index is -0.321. The zero-order valence-electron chi connectivity index (χ0n) is 24.4. The number of benzene rings is 2. The van der Waals surface area contributed by atoms with E-state index < -0.39 is 0 Å². The number of hydrogen-bond donors (Lipinski definition) is 1. The molecule has 7 nitrogen and oxygen atoms in total. The highest BCUT2D eigenvalue weighted by molar-refractivity contribution is 5.79. The summed E-state index contributed by atoms with van der Waals surface area (Å²) >= 11 is 0. The molecular formula is C34H46N4O3. The lowest BCUT2D eigenvalue weighted by molar-refractivity contribution is -0.127. The molecule has 2 amide bonds. The molecule has 0 unspecified atom stereocenters. The molecule has 0 atom stereocenters. The molecule has 3 aliphatic heterocycles. The number of rotatable bonds is 8. The molecule has 1 spiro atoms. The van der Waals surface area contributed by atoms with Gasteiger partial charge in [-0.15, -0.1) is 0 Å². The molecule has 0 radical (unpaired) electrons. The number of piperidine rings is 2. The van der Waals surface area contributed by atoms with Gasteiger partial charge in [-0.25, -0.2) is 4.79 Å². The van der Waals surface area contributed by atoms with Crippen molar-refractivity contribution < 1.29 is 14.3 Å². The molecule has 2 aromatic rings. The molecule has 6 rings (SSSR count). The van der Waals surface area contributed by atoms with E-state index in [9.17, 15) is 9.59 Å². The first-order valence-electron chi connectivity index (χ1n) is 15.8. The van der Waals surface area contributed by atoms with Crippen molar-refractivity contribution in [2.75, 3.05) is 39.3 Å². The molecule has 7 heteroatoms. The summed E-state index contributed by atoms with van der Waals surface area (Å²) in [6.45, 7) is 7.42. The van der Waals surface area contributed by atoms with Crippen LogP contribution in [0, 0.1) is 11.8 Å². The van der Waals surface area contributed by atoms with Crippen molar-refractivity contribution in [2.45, 2.75) is 76.1 Å². The number of nitrogens with zero attached hydrogens (tertiary/aromatic N) is 3. The fourth-order valence-electron chi connectivity index (χ4n) is 7.37. The lowest BCUT2D eigenvalue weighted by Gasteiger charge is -2.37. The van der Waals surface area contributed by atoms with E-state index in [1.807, 2.05) is 4.90 Å². The number of nitrogens with one attached hydrogen (secondary N) is 1. The first-order valence-corrected chi connectivity index (χ1v) is 15.8. The third-order valence-corrected chi connectivity index (χ3v) is 9.94. The number of carbonyl (C=O) groups excluding carboxylic acids is 2. The molecule has 1 N–H and O–H groups in total. The van der Waals surface area contributed by atoms with Gasteiger partial charge in [0.05, 0.1) is 6.54 Å². The standard InChI is InChI=1S/C34H46N4O3/c39-32(35-31-15-19-36(20-16-31)23-27-7-3-1-4-8-27)30-13-11-29(12-14-30)25-38-26-34(41-33(38)40)17-21-37(22-18-34)24-28-9-5-2-6-10-28/h1-10,29-31H,11-26H2,(H,35,39)/t29-,30-. The van der Waals surface area contributed by atoms with Crippen LogP contribution in [0.5, 0.6) is 0 Å². The van der Waals surface area contributed by atoms with E-state index in [2.05, 4.69) is 75.8 Å². The van der Waals surface area contributed by atoms with Crippen LogP contribution in [0.4, 0.5) is 4.79 Å². The van der Waals surface area contributed by atoms with Crippen LogP contribution < -0.4 is 5.32 Å². The van der Waals surface area contributed by atoms with Crippen molar-refractivity contribution in [3.8, 4) is 0 Å². The molecule has 3 saturated heterocycles. The third kappa shape index (κ3) is 7.31. The molecule has 0 aromatic heterocycles. The second-order valence-corrected chi connectivity index (χ2v) is 13.0. The highest BCUT2D eigenvalue weighted by atomic mass is 16.6. The maximum Gasteiger partial charge on any atom is 0.410 e. The highest BCUT2D eigenvalue weighted by Crippen LogP contribution is 2.36. The van der Waals surface area contributed by atoms with E-state index in [1.165, 1.54) is 11.1 Å². The maximum atomic E-state index is 13.1. The van der Waals surface area contributed by atoms with Gasteiger partial charge in [0, 0.05) is 70.6 Å². The Balaban J connectivity index is 0.891. The Morgan fingerprint density at radius 3 is 1.93 bits per heavy atom. The Labute approximate surface area is 245 Å².